The summed E-state index contributed by atoms with van der Waals surface area (Å²) in [4.78, 5) is 21.7. The van der Waals surface area contributed by atoms with Crippen molar-refractivity contribution in [1.82, 2.24) is 4.90 Å². The number of nitro groups is 1. The Morgan fingerprint density at radius 2 is 2.07 bits per heavy atom. The van der Waals surface area contributed by atoms with Crippen LogP contribution in [0.15, 0.2) is 46.9 Å². The van der Waals surface area contributed by atoms with Crippen LogP contribution in [0.25, 0.3) is 0 Å². The van der Waals surface area contributed by atoms with Crippen molar-refractivity contribution in [2.24, 2.45) is 5.16 Å². The van der Waals surface area contributed by atoms with Crippen LogP contribution in [-0.2, 0) is 4.84 Å². The van der Waals surface area contributed by atoms with Gasteiger partial charge in [-0.25, -0.2) is 0 Å². The summed E-state index contributed by atoms with van der Waals surface area (Å²) < 4.78 is 0. The zero-order chi connectivity index (χ0) is 19.8. The van der Waals surface area contributed by atoms with E-state index >= 15 is 0 Å². The first-order valence-corrected chi connectivity index (χ1v) is 10.5. The third-order valence-corrected chi connectivity index (χ3v) is 5.69. The maximum absolute atomic E-state index is 11.0. The number of thiophene rings is 1. The molecule has 150 valence electrons. The fourth-order valence-corrected chi connectivity index (χ4v) is 4.04. The van der Waals surface area contributed by atoms with Crippen LogP contribution < -0.4 is 4.90 Å². The Hall–Kier alpha value is -2.45. The topological polar surface area (TPSA) is 71.2 Å². The molecule has 0 bridgehead atoms. The van der Waals surface area contributed by atoms with Gasteiger partial charge in [0.1, 0.15) is 6.61 Å². The SMILES string of the molecule is CCON=C(CCCN1CCN(c2cccc([N+](=O)[O-])c2)CC1)c1cccs1. The molecular formula is C20H26N4O3S. The quantitative estimate of drug-likeness (QED) is 0.360. The van der Waals surface area contributed by atoms with Gasteiger partial charge in [0.2, 0.25) is 0 Å². The molecule has 28 heavy (non-hydrogen) atoms. The average molecular weight is 403 g/mol. The number of rotatable bonds is 9. The zero-order valence-electron chi connectivity index (χ0n) is 16.1. The van der Waals surface area contributed by atoms with Crippen LogP contribution in [0.5, 0.6) is 0 Å². The lowest BCUT2D eigenvalue weighted by Gasteiger charge is -2.36. The van der Waals surface area contributed by atoms with E-state index in [2.05, 4.69) is 26.4 Å². The third kappa shape index (κ3) is 5.53. The second-order valence-electron chi connectivity index (χ2n) is 6.64. The maximum atomic E-state index is 11.0. The fraction of sp³-hybridized carbons (Fsp3) is 0.450. The van der Waals surface area contributed by atoms with Crippen molar-refractivity contribution in [2.45, 2.75) is 19.8 Å². The summed E-state index contributed by atoms with van der Waals surface area (Å²) in [7, 11) is 0. The van der Waals surface area contributed by atoms with Crippen LogP contribution in [0.4, 0.5) is 11.4 Å². The molecule has 1 fully saturated rings. The zero-order valence-corrected chi connectivity index (χ0v) is 16.9. The molecule has 0 atom stereocenters. The van der Waals surface area contributed by atoms with Gasteiger partial charge in [-0.3, -0.25) is 15.0 Å². The summed E-state index contributed by atoms with van der Waals surface area (Å²) >= 11 is 1.69. The van der Waals surface area contributed by atoms with Crippen molar-refractivity contribution in [2.75, 3.05) is 44.2 Å². The highest BCUT2D eigenvalue weighted by molar-refractivity contribution is 7.12. The van der Waals surface area contributed by atoms with E-state index in [9.17, 15) is 10.1 Å². The fourth-order valence-electron chi connectivity index (χ4n) is 3.30. The molecular weight excluding hydrogens is 376 g/mol. The van der Waals surface area contributed by atoms with E-state index in [1.807, 2.05) is 19.1 Å². The molecule has 0 amide bonds. The van der Waals surface area contributed by atoms with Gasteiger partial charge in [-0.15, -0.1) is 11.3 Å². The Morgan fingerprint density at radius 1 is 1.25 bits per heavy atom. The van der Waals surface area contributed by atoms with E-state index in [1.165, 1.54) is 10.9 Å². The Kier molecular flexibility index (Phi) is 7.39. The van der Waals surface area contributed by atoms with Crippen molar-refractivity contribution in [3.63, 3.8) is 0 Å². The molecule has 7 nitrogen and oxygen atoms in total. The average Bonchev–Trinajstić information content (AvgIpc) is 3.26. The molecule has 1 aliphatic heterocycles. The highest BCUT2D eigenvalue weighted by Gasteiger charge is 2.19. The van der Waals surface area contributed by atoms with Gasteiger partial charge in [0.25, 0.3) is 5.69 Å². The standard InChI is InChI=1S/C20H26N4O3S/c1-2-27-21-19(20-9-5-15-28-20)8-4-10-22-11-13-23(14-12-22)17-6-3-7-18(16-17)24(25)26/h3,5-7,9,15-16H,2,4,8,10-14H2,1H3. The molecule has 0 aliphatic carbocycles. The normalized spacial score (nSPS) is 15.6. The predicted molar refractivity (Wildman–Crippen MR) is 113 cm³/mol. The van der Waals surface area contributed by atoms with Crippen molar-refractivity contribution in [3.05, 3.63) is 56.8 Å². The van der Waals surface area contributed by atoms with E-state index in [0.29, 0.717) is 6.61 Å². The molecule has 0 N–H and O–H groups in total. The van der Waals surface area contributed by atoms with Gasteiger partial charge in [-0.05, 0) is 43.8 Å². The van der Waals surface area contributed by atoms with Crippen molar-refractivity contribution in [1.29, 1.82) is 0 Å². The predicted octanol–water partition coefficient (Wildman–Crippen LogP) is 4.00. The molecule has 0 saturated carbocycles. The molecule has 8 heteroatoms. The Labute approximate surface area is 169 Å². The van der Waals surface area contributed by atoms with Gasteiger partial charge >= 0.3 is 0 Å². The molecule has 1 aromatic carbocycles. The molecule has 1 aliphatic rings. The number of oxime groups is 1. The van der Waals surface area contributed by atoms with Crippen LogP contribution in [-0.4, -0.2) is 54.9 Å². The van der Waals surface area contributed by atoms with E-state index in [0.717, 1.165) is 57.0 Å². The summed E-state index contributed by atoms with van der Waals surface area (Å²) in [6.07, 6.45) is 1.92. The number of anilines is 1. The smallest absolute Gasteiger partial charge is 0.271 e. The molecule has 0 spiro atoms. The van der Waals surface area contributed by atoms with E-state index in [1.54, 1.807) is 23.5 Å². The van der Waals surface area contributed by atoms with Crippen LogP contribution in [0.3, 0.4) is 0 Å². The highest BCUT2D eigenvalue weighted by atomic mass is 32.1. The highest BCUT2D eigenvalue weighted by Crippen LogP contribution is 2.22. The third-order valence-electron chi connectivity index (χ3n) is 4.78. The van der Waals surface area contributed by atoms with E-state index in [4.69, 9.17) is 4.84 Å². The molecule has 0 unspecified atom stereocenters. The summed E-state index contributed by atoms with van der Waals surface area (Å²) in [5, 5.41) is 17.3. The lowest BCUT2D eigenvalue weighted by Crippen LogP contribution is -2.46. The minimum atomic E-state index is -0.339. The van der Waals surface area contributed by atoms with Crippen LogP contribution in [0.2, 0.25) is 0 Å². The second kappa shape index (κ2) is 10.2. The number of piperazine rings is 1. The number of non-ortho nitro benzene ring substituents is 1. The van der Waals surface area contributed by atoms with Gasteiger partial charge in [0.15, 0.2) is 0 Å². The van der Waals surface area contributed by atoms with Gasteiger partial charge in [-0.1, -0.05) is 17.3 Å². The number of benzene rings is 1. The number of nitrogens with zero attached hydrogens (tertiary/aromatic N) is 4. The summed E-state index contributed by atoms with van der Waals surface area (Å²) in [6, 6.07) is 11.0. The lowest BCUT2D eigenvalue weighted by molar-refractivity contribution is -0.384. The first-order chi connectivity index (χ1) is 13.7. The van der Waals surface area contributed by atoms with Crippen LogP contribution in [0.1, 0.15) is 24.6 Å². The molecule has 1 saturated heterocycles. The monoisotopic (exact) mass is 402 g/mol. The Morgan fingerprint density at radius 3 is 2.75 bits per heavy atom. The van der Waals surface area contributed by atoms with Gasteiger partial charge in [-0.2, -0.15) is 0 Å². The molecule has 2 heterocycles. The van der Waals surface area contributed by atoms with Gasteiger partial charge in [0, 0.05) is 44.0 Å². The summed E-state index contributed by atoms with van der Waals surface area (Å²) in [6.45, 7) is 7.21. The first kappa shape index (κ1) is 20.3. The largest absolute Gasteiger partial charge is 0.396 e. The van der Waals surface area contributed by atoms with Gasteiger partial charge in [0.05, 0.1) is 15.5 Å². The molecule has 3 rings (SSSR count). The summed E-state index contributed by atoms with van der Waals surface area (Å²) in [5.74, 6) is 0. The molecule has 2 aromatic rings. The Bertz CT molecular complexity index is 787. The van der Waals surface area contributed by atoms with Crippen molar-refractivity contribution < 1.29 is 9.76 Å². The number of hydrogen-bond donors (Lipinski definition) is 0. The Balaban J connectivity index is 1.46. The van der Waals surface area contributed by atoms with Crippen molar-refractivity contribution >= 4 is 28.4 Å². The van der Waals surface area contributed by atoms with Crippen molar-refractivity contribution in [3.8, 4) is 0 Å². The number of hydrogen-bond acceptors (Lipinski definition) is 7. The van der Waals surface area contributed by atoms with Crippen LogP contribution in [0, 0.1) is 10.1 Å². The summed E-state index contributed by atoms with van der Waals surface area (Å²) in [5.41, 5.74) is 2.10. The molecule has 0 radical (unpaired) electrons. The lowest BCUT2D eigenvalue weighted by atomic mass is 10.1. The second-order valence-corrected chi connectivity index (χ2v) is 7.59. The maximum Gasteiger partial charge on any atom is 0.271 e. The van der Waals surface area contributed by atoms with Gasteiger partial charge < -0.3 is 9.74 Å². The first-order valence-electron chi connectivity index (χ1n) is 9.62. The van der Waals surface area contributed by atoms with E-state index in [-0.39, 0.29) is 10.6 Å². The minimum Gasteiger partial charge on any atom is -0.396 e. The van der Waals surface area contributed by atoms with Crippen LogP contribution >= 0.6 is 11.3 Å². The number of nitro benzene ring substituents is 1. The molecule has 1 aromatic heterocycles. The minimum absolute atomic E-state index is 0.148. The van der Waals surface area contributed by atoms with E-state index < -0.39 is 0 Å².